The molecule has 2 heterocycles. The number of nitrogens with zero attached hydrogens (tertiary/aromatic N) is 3. The molecular weight excluding hydrogens is 404 g/mol. The molecule has 1 amide bonds. The van der Waals surface area contributed by atoms with Gasteiger partial charge in [0.05, 0.1) is 24.1 Å². The van der Waals surface area contributed by atoms with E-state index in [0.717, 1.165) is 5.56 Å². The van der Waals surface area contributed by atoms with Gasteiger partial charge in [-0.3, -0.25) is 0 Å². The molecule has 0 aromatic carbocycles. The number of alkyl carbamates (subject to hydrolysis) is 1. The van der Waals surface area contributed by atoms with E-state index < -0.39 is 23.7 Å². The first kappa shape index (κ1) is 23.4. The van der Waals surface area contributed by atoms with Crippen molar-refractivity contribution in [3.05, 3.63) is 29.7 Å². The highest BCUT2D eigenvalue weighted by atomic mass is 19.3. The first-order valence-corrected chi connectivity index (χ1v) is 10.8. The molecule has 1 fully saturated rings. The van der Waals surface area contributed by atoms with Crippen LogP contribution in [0.4, 0.5) is 13.6 Å². The minimum absolute atomic E-state index is 0.172. The fraction of sp³-hybridized carbons (Fsp3) is 0.682. The maximum absolute atomic E-state index is 13.7. The average Bonchev–Trinajstić information content (AvgIpc) is 3.07. The first-order valence-electron chi connectivity index (χ1n) is 10.8. The highest BCUT2D eigenvalue weighted by Crippen LogP contribution is 2.41. The van der Waals surface area contributed by atoms with Gasteiger partial charge < -0.3 is 15.8 Å². The number of amides is 1. The number of rotatable bonds is 5. The maximum atomic E-state index is 13.7. The van der Waals surface area contributed by atoms with Crippen LogP contribution in [0, 0.1) is 11.8 Å². The second-order valence-corrected chi connectivity index (χ2v) is 9.84. The van der Waals surface area contributed by atoms with E-state index in [1.807, 2.05) is 19.9 Å². The molecule has 3 N–H and O–H groups in total. The van der Waals surface area contributed by atoms with E-state index in [0.29, 0.717) is 11.3 Å². The second-order valence-electron chi connectivity index (χ2n) is 9.84. The number of carbonyl (C=O) groups excluding carboxylic acids is 1. The van der Waals surface area contributed by atoms with Crippen molar-refractivity contribution >= 4 is 11.7 Å². The lowest BCUT2D eigenvalue weighted by Gasteiger charge is -2.33. The summed E-state index contributed by atoms with van der Waals surface area (Å²) in [5, 5.41) is 7.27. The third kappa shape index (κ3) is 5.90. The Bertz CT molecular complexity index is 912. The van der Waals surface area contributed by atoms with Crippen LogP contribution in [0.1, 0.15) is 83.6 Å². The van der Waals surface area contributed by atoms with Crippen molar-refractivity contribution in [3.8, 4) is 0 Å². The first-order chi connectivity index (χ1) is 14.3. The van der Waals surface area contributed by atoms with E-state index in [2.05, 4.69) is 15.4 Å². The van der Waals surface area contributed by atoms with Crippen LogP contribution in [-0.2, 0) is 4.74 Å². The molecule has 0 unspecified atom stereocenters. The molecular formula is C22H33F2N5O2. The third-order valence-corrected chi connectivity index (χ3v) is 5.69. The van der Waals surface area contributed by atoms with Crippen molar-refractivity contribution in [2.45, 2.75) is 83.9 Å². The lowest BCUT2D eigenvalue weighted by molar-refractivity contribution is -0.0500. The summed E-state index contributed by atoms with van der Waals surface area (Å²) in [6.45, 7) is 9.39. The van der Waals surface area contributed by atoms with E-state index in [1.54, 1.807) is 37.7 Å². The van der Waals surface area contributed by atoms with Crippen molar-refractivity contribution in [1.29, 1.82) is 0 Å². The Morgan fingerprint density at radius 2 is 1.97 bits per heavy atom. The van der Waals surface area contributed by atoms with Gasteiger partial charge in [0.1, 0.15) is 5.60 Å². The van der Waals surface area contributed by atoms with Crippen molar-refractivity contribution < 1.29 is 18.3 Å². The SMILES string of the molecule is CC(C)[C@H](N)c1cnn2cc([C@@H](NC(=O)OC(C)(C)C)C3CCC(F)(F)CC3)nc2c1. The molecule has 0 aliphatic heterocycles. The summed E-state index contributed by atoms with van der Waals surface area (Å²) >= 11 is 0. The number of alkyl halides is 2. The lowest BCUT2D eigenvalue weighted by atomic mass is 9.81. The van der Waals surface area contributed by atoms with E-state index >= 15 is 0 Å². The topological polar surface area (TPSA) is 94.5 Å². The predicted octanol–water partition coefficient (Wildman–Crippen LogP) is 4.78. The molecule has 0 saturated heterocycles. The molecule has 2 aromatic heterocycles. The zero-order chi connectivity index (χ0) is 23.0. The van der Waals surface area contributed by atoms with Crippen molar-refractivity contribution in [2.75, 3.05) is 0 Å². The fourth-order valence-corrected chi connectivity index (χ4v) is 3.89. The summed E-state index contributed by atoms with van der Waals surface area (Å²) < 4.78 is 34.5. The Kier molecular flexibility index (Phi) is 6.55. The Balaban J connectivity index is 1.90. The standard InChI is InChI=1S/C22H33F2N5O2/c1-13(2)18(25)15-10-17-27-16(12-29(17)26-11-15)19(28-20(30)31-21(3,4)5)14-6-8-22(23,24)9-7-14/h10-14,18-19H,6-9,25H2,1-5H3,(H,28,30)/t18-,19-/m0/s1. The van der Waals surface area contributed by atoms with Gasteiger partial charge in [0, 0.05) is 18.9 Å². The van der Waals surface area contributed by atoms with Gasteiger partial charge >= 0.3 is 6.09 Å². The molecule has 1 saturated carbocycles. The smallest absolute Gasteiger partial charge is 0.408 e. The number of nitrogens with two attached hydrogens (primary N) is 1. The monoisotopic (exact) mass is 437 g/mol. The van der Waals surface area contributed by atoms with Crippen LogP contribution < -0.4 is 11.1 Å². The molecule has 1 aliphatic carbocycles. The lowest BCUT2D eigenvalue weighted by Crippen LogP contribution is -2.40. The van der Waals surface area contributed by atoms with Crippen LogP contribution in [0.15, 0.2) is 18.5 Å². The van der Waals surface area contributed by atoms with E-state index in [-0.39, 0.29) is 43.6 Å². The van der Waals surface area contributed by atoms with Crippen molar-refractivity contribution in [3.63, 3.8) is 0 Å². The van der Waals surface area contributed by atoms with Crippen LogP contribution in [0.5, 0.6) is 0 Å². The van der Waals surface area contributed by atoms with Crippen LogP contribution >= 0.6 is 0 Å². The van der Waals surface area contributed by atoms with Crippen molar-refractivity contribution in [2.24, 2.45) is 17.6 Å². The highest BCUT2D eigenvalue weighted by molar-refractivity contribution is 5.68. The van der Waals surface area contributed by atoms with Gasteiger partial charge in [-0.15, -0.1) is 0 Å². The second kappa shape index (κ2) is 8.68. The Hall–Kier alpha value is -2.29. The largest absolute Gasteiger partial charge is 0.444 e. The summed E-state index contributed by atoms with van der Waals surface area (Å²) in [4.78, 5) is 17.2. The van der Waals surface area contributed by atoms with Gasteiger partial charge in [-0.1, -0.05) is 13.8 Å². The predicted molar refractivity (Wildman–Crippen MR) is 114 cm³/mol. The van der Waals surface area contributed by atoms with Crippen LogP contribution in [0.2, 0.25) is 0 Å². The van der Waals surface area contributed by atoms with Crippen molar-refractivity contribution in [1.82, 2.24) is 19.9 Å². The number of nitrogens with one attached hydrogen (secondary N) is 1. The minimum atomic E-state index is -2.66. The number of ether oxygens (including phenoxy) is 1. The number of fused-ring (bicyclic) bond motifs is 1. The molecule has 0 radical (unpaired) electrons. The normalized spacial score (nSPS) is 19.4. The summed E-state index contributed by atoms with van der Waals surface area (Å²) in [5.74, 6) is -2.59. The number of hydrogen-bond donors (Lipinski definition) is 2. The number of aromatic nitrogens is 3. The molecule has 3 rings (SSSR count). The fourth-order valence-electron chi connectivity index (χ4n) is 3.89. The van der Waals surface area contributed by atoms with E-state index in [1.165, 1.54) is 0 Å². The Morgan fingerprint density at radius 1 is 1.32 bits per heavy atom. The number of hydrogen-bond acceptors (Lipinski definition) is 5. The quantitative estimate of drug-likeness (QED) is 0.702. The highest BCUT2D eigenvalue weighted by Gasteiger charge is 2.39. The molecule has 1 aliphatic rings. The van der Waals surface area contributed by atoms with Gasteiger partial charge in [-0.25, -0.2) is 23.1 Å². The van der Waals surface area contributed by atoms with Gasteiger partial charge in [-0.2, -0.15) is 5.10 Å². The molecule has 31 heavy (non-hydrogen) atoms. The van der Waals surface area contributed by atoms with E-state index in [9.17, 15) is 13.6 Å². The molecule has 7 nitrogen and oxygen atoms in total. The average molecular weight is 438 g/mol. The molecule has 9 heteroatoms. The third-order valence-electron chi connectivity index (χ3n) is 5.69. The molecule has 2 atom stereocenters. The van der Waals surface area contributed by atoms with Gasteiger partial charge in [0.15, 0.2) is 5.65 Å². The van der Waals surface area contributed by atoms with Gasteiger partial charge in [-0.05, 0) is 57.1 Å². The van der Waals surface area contributed by atoms with Crippen LogP contribution in [0.25, 0.3) is 5.65 Å². The zero-order valence-corrected chi connectivity index (χ0v) is 18.9. The zero-order valence-electron chi connectivity index (χ0n) is 18.9. The number of halogens is 2. The van der Waals surface area contributed by atoms with Crippen LogP contribution in [-0.4, -0.2) is 32.2 Å². The van der Waals surface area contributed by atoms with Gasteiger partial charge in [0.2, 0.25) is 5.92 Å². The van der Waals surface area contributed by atoms with Gasteiger partial charge in [0.25, 0.3) is 0 Å². The number of imidazole rings is 1. The minimum Gasteiger partial charge on any atom is -0.444 e. The summed E-state index contributed by atoms with van der Waals surface area (Å²) in [7, 11) is 0. The number of carbonyl (C=O) groups is 1. The van der Waals surface area contributed by atoms with Crippen LogP contribution in [0.3, 0.4) is 0 Å². The maximum Gasteiger partial charge on any atom is 0.408 e. The molecule has 0 spiro atoms. The summed E-state index contributed by atoms with van der Waals surface area (Å²) in [6, 6.07) is 1.16. The molecule has 172 valence electrons. The Morgan fingerprint density at radius 3 is 2.55 bits per heavy atom. The molecule has 2 aromatic rings. The summed E-state index contributed by atoms with van der Waals surface area (Å²) in [6.07, 6.45) is 3.01. The van der Waals surface area contributed by atoms with E-state index in [4.69, 9.17) is 10.5 Å². The molecule has 0 bridgehead atoms. The Labute approximate surface area is 181 Å². The summed E-state index contributed by atoms with van der Waals surface area (Å²) in [5.41, 5.74) is 7.61.